The quantitative estimate of drug-likeness (QED) is 0.868. The van der Waals surface area contributed by atoms with Crippen molar-refractivity contribution >= 4 is 6.03 Å². The third-order valence-corrected chi connectivity index (χ3v) is 3.75. The molecule has 2 atom stereocenters. The maximum absolute atomic E-state index is 13.2. The number of urea groups is 1. The first-order valence-electron chi connectivity index (χ1n) is 7.12. The fourth-order valence-corrected chi connectivity index (χ4v) is 2.40. The van der Waals surface area contributed by atoms with Gasteiger partial charge in [0.1, 0.15) is 0 Å². The van der Waals surface area contributed by atoms with Gasteiger partial charge in [-0.15, -0.1) is 0 Å². The van der Waals surface area contributed by atoms with E-state index >= 15 is 0 Å². The molecule has 1 heterocycles. The molecule has 4 nitrogen and oxygen atoms in total. The molecule has 1 saturated heterocycles. The van der Waals surface area contributed by atoms with Crippen molar-refractivity contribution < 1.29 is 22.7 Å². The lowest BCUT2D eigenvalue weighted by molar-refractivity contribution is 0.170. The fourth-order valence-electron chi connectivity index (χ4n) is 2.40. The van der Waals surface area contributed by atoms with E-state index < -0.39 is 23.5 Å². The third-order valence-electron chi connectivity index (χ3n) is 3.75. The highest BCUT2D eigenvalue weighted by atomic mass is 19.2. The number of amides is 2. The summed E-state index contributed by atoms with van der Waals surface area (Å²) in [4.78, 5) is 13.6. The van der Waals surface area contributed by atoms with Gasteiger partial charge in [-0.1, -0.05) is 0 Å². The van der Waals surface area contributed by atoms with Gasteiger partial charge in [-0.3, -0.25) is 0 Å². The minimum absolute atomic E-state index is 0.169. The van der Waals surface area contributed by atoms with E-state index in [0.717, 1.165) is 18.6 Å². The molecule has 0 aliphatic carbocycles. The fraction of sp³-hybridized carbons (Fsp3) is 0.533. The largest absolute Gasteiger partial charge is 0.381 e. The van der Waals surface area contributed by atoms with Crippen LogP contribution in [-0.4, -0.2) is 37.7 Å². The first-order chi connectivity index (χ1) is 10.4. The van der Waals surface area contributed by atoms with Gasteiger partial charge < -0.3 is 15.0 Å². The monoisotopic (exact) mass is 316 g/mol. The van der Waals surface area contributed by atoms with Gasteiger partial charge in [0.15, 0.2) is 17.5 Å². The predicted molar refractivity (Wildman–Crippen MR) is 74.8 cm³/mol. The average Bonchev–Trinajstić information content (AvgIpc) is 2.96. The molecule has 0 radical (unpaired) electrons. The van der Waals surface area contributed by atoms with E-state index in [0.29, 0.717) is 25.7 Å². The van der Waals surface area contributed by atoms with Crippen LogP contribution in [0.1, 0.15) is 24.9 Å². The standard InChI is InChI=1S/C15H19F3N2O2/c1-9(11-5-12(16)14(18)13(17)6-11)19-15(21)20(2)7-10-3-4-22-8-10/h5-6,9-10H,3-4,7-8H2,1-2H3,(H,19,21)/t9-,10+/m1/s1. The van der Waals surface area contributed by atoms with Crippen LogP contribution in [0.25, 0.3) is 0 Å². The van der Waals surface area contributed by atoms with Crippen LogP contribution in [0.5, 0.6) is 0 Å². The lowest BCUT2D eigenvalue weighted by Crippen LogP contribution is -2.41. The molecule has 1 fully saturated rings. The Labute approximate surface area is 127 Å². The van der Waals surface area contributed by atoms with Gasteiger partial charge >= 0.3 is 6.03 Å². The second kappa shape index (κ2) is 7.00. The van der Waals surface area contributed by atoms with E-state index in [1.165, 1.54) is 4.90 Å². The van der Waals surface area contributed by atoms with Crippen LogP contribution in [0.2, 0.25) is 0 Å². The van der Waals surface area contributed by atoms with E-state index in [2.05, 4.69) is 5.32 Å². The Morgan fingerprint density at radius 2 is 2.05 bits per heavy atom. The van der Waals surface area contributed by atoms with Crippen LogP contribution in [-0.2, 0) is 4.74 Å². The SMILES string of the molecule is C[C@@H](NC(=O)N(C)C[C@@H]1CCOC1)c1cc(F)c(F)c(F)c1. The van der Waals surface area contributed by atoms with Crippen LogP contribution in [0.3, 0.4) is 0 Å². The molecule has 22 heavy (non-hydrogen) atoms. The minimum atomic E-state index is -1.51. The zero-order chi connectivity index (χ0) is 16.3. The Kier molecular flexibility index (Phi) is 5.28. The van der Waals surface area contributed by atoms with Crippen molar-refractivity contribution in [2.24, 2.45) is 5.92 Å². The summed E-state index contributed by atoms with van der Waals surface area (Å²) >= 11 is 0. The molecular formula is C15H19F3N2O2. The van der Waals surface area contributed by atoms with Gasteiger partial charge in [0, 0.05) is 26.1 Å². The number of hydrogen-bond donors (Lipinski definition) is 1. The summed E-state index contributed by atoms with van der Waals surface area (Å²) in [6.07, 6.45) is 0.904. The molecule has 1 N–H and O–H groups in total. The summed E-state index contributed by atoms with van der Waals surface area (Å²) in [7, 11) is 1.65. The Morgan fingerprint density at radius 3 is 2.59 bits per heavy atom. The molecule has 1 aromatic carbocycles. The van der Waals surface area contributed by atoms with Crippen molar-refractivity contribution in [3.63, 3.8) is 0 Å². The Balaban J connectivity index is 1.95. The Hall–Kier alpha value is -1.76. The van der Waals surface area contributed by atoms with Gasteiger partial charge in [0.25, 0.3) is 0 Å². The van der Waals surface area contributed by atoms with E-state index in [-0.39, 0.29) is 11.6 Å². The number of benzene rings is 1. The molecule has 2 amide bonds. The maximum Gasteiger partial charge on any atom is 0.317 e. The van der Waals surface area contributed by atoms with Gasteiger partial charge in [0.2, 0.25) is 0 Å². The summed E-state index contributed by atoms with van der Waals surface area (Å²) in [5.74, 6) is -3.76. The van der Waals surface area contributed by atoms with Gasteiger partial charge in [-0.25, -0.2) is 18.0 Å². The number of hydrogen-bond acceptors (Lipinski definition) is 2. The van der Waals surface area contributed by atoms with Crippen LogP contribution in [0.15, 0.2) is 12.1 Å². The van der Waals surface area contributed by atoms with E-state index in [1.54, 1.807) is 14.0 Å². The highest BCUT2D eigenvalue weighted by Crippen LogP contribution is 2.19. The molecule has 0 saturated carbocycles. The first kappa shape index (κ1) is 16.6. The number of carbonyl (C=O) groups is 1. The van der Waals surface area contributed by atoms with E-state index in [1.807, 2.05) is 0 Å². The summed E-state index contributed by atoms with van der Waals surface area (Å²) in [6, 6.07) is 0.770. The van der Waals surface area contributed by atoms with Crippen LogP contribution >= 0.6 is 0 Å². The molecule has 2 rings (SSSR count). The maximum atomic E-state index is 13.2. The van der Waals surface area contributed by atoms with Crippen LogP contribution in [0.4, 0.5) is 18.0 Å². The highest BCUT2D eigenvalue weighted by molar-refractivity contribution is 5.74. The van der Waals surface area contributed by atoms with Crippen molar-refractivity contribution in [1.29, 1.82) is 0 Å². The molecule has 0 aromatic heterocycles. The minimum Gasteiger partial charge on any atom is -0.381 e. The summed E-state index contributed by atoms with van der Waals surface area (Å²) < 4.78 is 44.6. The number of nitrogens with one attached hydrogen (secondary N) is 1. The normalized spacial score (nSPS) is 19.0. The smallest absolute Gasteiger partial charge is 0.317 e. The summed E-state index contributed by atoms with van der Waals surface area (Å²) in [5.41, 5.74) is 0.169. The molecule has 122 valence electrons. The van der Waals surface area contributed by atoms with Crippen molar-refractivity contribution in [2.75, 3.05) is 26.8 Å². The topological polar surface area (TPSA) is 41.6 Å². The summed E-state index contributed by atoms with van der Waals surface area (Å²) in [6.45, 7) is 3.45. The van der Waals surface area contributed by atoms with Gasteiger partial charge in [-0.2, -0.15) is 0 Å². The molecule has 0 bridgehead atoms. The van der Waals surface area contributed by atoms with Crippen LogP contribution < -0.4 is 5.32 Å². The molecule has 0 spiro atoms. The first-order valence-corrected chi connectivity index (χ1v) is 7.12. The molecule has 1 aliphatic heterocycles. The van der Waals surface area contributed by atoms with Gasteiger partial charge in [0.05, 0.1) is 12.6 Å². The molecule has 0 unspecified atom stereocenters. The molecule has 1 aliphatic rings. The predicted octanol–water partition coefficient (Wildman–Crippen LogP) is 2.84. The van der Waals surface area contributed by atoms with Crippen LogP contribution in [0, 0.1) is 23.4 Å². The zero-order valence-corrected chi connectivity index (χ0v) is 12.5. The number of nitrogens with zero attached hydrogens (tertiary/aromatic N) is 1. The summed E-state index contributed by atoms with van der Waals surface area (Å²) in [5, 5.41) is 2.63. The number of halogens is 3. The van der Waals surface area contributed by atoms with E-state index in [9.17, 15) is 18.0 Å². The Morgan fingerprint density at radius 1 is 1.41 bits per heavy atom. The zero-order valence-electron chi connectivity index (χ0n) is 12.5. The van der Waals surface area contributed by atoms with Crippen molar-refractivity contribution in [2.45, 2.75) is 19.4 Å². The number of ether oxygens (including phenoxy) is 1. The number of carbonyl (C=O) groups excluding carboxylic acids is 1. The highest BCUT2D eigenvalue weighted by Gasteiger charge is 2.22. The van der Waals surface area contributed by atoms with Crippen molar-refractivity contribution in [1.82, 2.24) is 10.2 Å². The van der Waals surface area contributed by atoms with Gasteiger partial charge in [-0.05, 0) is 31.0 Å². The lowest BCUT2D eigenvalue weighted by atomic mass is 10.1. The lowest BCUT2D eigenvalue weighted by Gasteiger charge is -2.23. The average molecular weight is 316 g/mol. The molecule has 1 aromatic rings. The van der Waals surface area contributed by atoms with E-state index in [4.69, 9.17) is 4.74 Å². The molecular weight excluding hydrogens is 297 g/mol. The van der Waals surface area contributed by atoms with Crippen molar-refractivity contribution in [3.05, 3.63) is 35.1 Å². The Bertz CT molecular complexity index is 525. The number of rotatable bonds is 4. The second-order valence-corrected chi connectivity index (χ2v) is 5.58. The third kappa shape index (κ3) is 3.91. The second-order valence-electron chi connectivity index (χ2n) is 5.58. The molecule has 7 heteroatoms. The van der Waals surface area contributed by atoms with Crippen molar-refractivity contribution in [3.8, 4) is 0 Å².